The Kier molecular flexibility index (Phi) is 4.91. The number of benzene rings is 1. The van der Waals surface area contributed by atoms with Crippen LogP contribution in [0.1, 0.15) is 18.3 Å². The second-order valence-corrected chi connectivity index (χ2v) is 5.94. The molecule has 112 valence electrons. The number of amides is 1. The summed E-state index contributed by atoms with van der Waals surface area (Å²) in [5, 5.41) is 8.08. The molecular formula is C15H17Cl2N3O. The number of halogens is 2. The number of aromatic nitrogens is 2. The summed E-state index contributed by atoms with van der Waals surface area (Å²) in [6.07, 6.45) is 0. The zero-order valence-corrected chi connectivity index (χ0v) is 13.7. The molecule has 0 radical (unpaired) electrons. The molecule has 21 heavy (non-hydrogen) atoms. The first-order chi connectivity index (χ1) is 9.86. The van der Waals surface area contributed by atoms with Crippen LogP contribution in [0.2, 0.25) is 10.0 Å². The smallest absolute Gasteiger partial charge is 0.229 e. The van der Waals surface area contributed by atoms with E-state index in [1.54, 1.807) is 18.2 Å². The predicted molar refractivity (Wildman–Crippen MR) is 86.0 cm³/mol. The Labute approximate surface area is 134 Å². The summed E-state index contributed by atoms with van der Waals surface area (Å²) in [7, 11) is 0. The highest BCUT2D eigenvalue weighted by molar-refractivity contribution is 6.42. The quantitative estimate of drug-likeness (QED) is 0.920. The molecule has 2 rings (SSSR count). The van der Waals surface area contributed by atoms with Gasteiger partial charge in [-0.25, -0.2) is 0 Å². The molecule has 0 unspecified atom stereocenters. The second-order valence-electron chi connectivity index (χ2n) is 5.13. The van der Waals surface area contributed by atoms with E-state index in [0.29, 0.717) is 22.3 Å². The van der Waals surface area contributed by atoms with Crippen molar-refractivity contribution in [2.75, 3.05) is 5.32 Å². The van der Waals surface area contributed by atoms with Crippen LogP contribution >= 0.6 is 23.2 Å². The summed E-state index contributed by atoms with van der Waals surface area (Å²) >= 11 is 11.8. The fourth-order valence-corrected chi connectivity index (χ4v) is 2.34. The number of hydrogen-bond acceptors (Lipinski definition) is 2. The van der Waals surface area contributed by atoms with Crippen LogP contribution in [0.25, 0.3) is 0 Å². The van der Waals surface area contributed by atoms with E-state index in [0.717, 1.165) is 11.4 Å². The fourth-order valence-electron chi connectivity index (χ4n) is 2.04. The Hall–Kier alpha value is -1.52. The largest absolute Gasteiger partial charge is 0.326 e. The molecule has 0 aliphatic carbocycles. The molecule has 2 aromatic rings. The molecule has 0 bridgehead atoms. The van der Waals surface area contributed by atoms with Crippen molar-refractivity contribution in [3.8, 4) is 0 Å². The summed E-state index contributed by atoms with van der Waals surface area (Å²) in [4.78, 5) is 12.2. The van der Waals surface area contributed by atoms with Crippen molar-refractivity contribution >= 4 is 34.8 Å². The van der Waals surface area contributed by atoms with Gasteiger partial charge in [0.25, 0.3) is 0 Å². The molecule has 1 N–H and O–H groups in total. The van der Waals surface area contributed by atoms with Crippen LogP contribution in [0.15, 0.2) is 24.3 Å². The first kappa shape index (κ1) is 15.9. The molecule has 0 aliphatic heterocycles. The highest BCUT2D eigenvalue weighted by Gasteiger charge is 2.15. The van der Waals surface area contributed by atoms with Crippen molar-refractivity contribution < 1.29 is 4.79 Å². The third-order valence-corrected chi connectivity index (χ3v) is 3.92. The Morgan fingerprint density at radius 3 is 2.57 bits per heavy atom. The van der Waals surface area contributed by atoms with Crippen LogP contribution in [0.3, 0.4) is 0 Å². The van der Waals surface area contributed by atoms with Gasteiger partial charge in [0.15, 0.2) is 0 Å². The molecule has 0 spiro atoms. The second kappa shape index (κ2) is 6.50. The lowest BCUT2D eigenvalue weighted by Crippen LogP contribution is -2.25. The average molecular weight is 326 g/mol. The lowest BCUT2D eigenvalue weighted by molar-refractivity contribution is -0.119. The number of rotatable bonds is 4. The molecule has 1 aromatic carbocycles. The zero-order chi connectivity index (χ0) is 15.6. The van der Waals surface area contributed by atoms with Crippen molar-refractivity contribution in [1.82, 2.24) is 9.78 Å². The van der Waals surface area contributed by atoms with E-state index in [-0.39, 0.29) is 11.8 Å². The molecule has 0 fully saturated rings. The predicted octanol–water partition coefficient (Wildman–Crippen LogP) is 4.08. The average Bonchev–Trinajstić information content (AvgIpc) is 2.72. The fraction of sp³-hybridized carbons (Fsp3) is 0.333. The van der Waals surface area contributed by atoms with Gasteiger partial charge in [0, 0.05) is 11.4 Å². The van der Waals surface area contributed by atoms with Crippen molar-refractivity contribution in [3.05, 3.63) is 45.7 Å². The lowest BCUT2D eigenvalue weighted by atomic mass is 10.1. The SMILES string of the molecule is Cc1cc(C)n(C[C@@H](C)C(=O)Nc2ccc(Cl)c(Cl)c2)n1. The van der Waals surface area contributed by atoms with E-state index in [4.69, 9.17) is 23.2 Å². The topological polar surface area (TPSA) is 46.9 Å². The number of hydrogen-bond donors (Lipinski definition) is 1. The van der Waals surface area contributed by atoms with Crippen LogP contribution < -0.4 is 5.32 Å². The van der Waals surface area contributed by atoms with Gasteiger partial charge in [-0.05, 0) is 38.1 Å². The highest BCUT2D eigenvalue weighted by Crippen LogP contribution is 2.25. The first-order valence-electron chi connectivity index (χ1n) is 6.64. The third kappa shape index (κ3) is 3.99. The molecule has 6 heteroatoms. The number of carbonyl (C=O) groups excluding carboxylic acids is 1. The van der Waals surface area contributed by atoms with Gasteiger partial charge in [-0.2, -0.15) is 5.10 Å². The lowest BCUT2D eigenvalue weighted by Gasteiger charge is -2.13. The first-order valence-corrected chi connectivity index (χ1v) is 7.39. The Morgan fingerprint density at radius 2 is 2.00 bits per heavy atom. The summed E-state index contributed by atoms with van der Waals surface area (Å²) in [5.41, 5.74) is 2.63. The van der Waals surface area contributed by atoms with Gasteiger partial charge in [0.2, 0.25) is 5.91 Å². The van der Waals surface area contributed by atoms with E-state index >= 15 is 0 Å². The summed E-state index contributed by atoms with van der Waals surface area (Å²) in [6, 6.07) is 7.01. The van der Waals surface area contributed by atoms with Crippen molar-refractivity contribution in [3.63, 3.8) is 0 Å². The Bertz CT molecular complexity index is 667. The van der Waals surface area contributed by atoms with Gasteiger partial charge >= 0.3 is 0 Å². The minimum atomic E-state index is -0.211. The van der Waals surface area contributed by atoms with E-state index in [9.17, 15) is 4.79 Å². The molecule has 1 aromatic heterocycles. The number of nitrogens with zero attached hydrogens (tertiary/aromatic N) is 2. The summed E-state index contributed by atoms with van der Waals surface area (Å²) < 4.78 is 1.84. The number of anilines is 1. The van der Waals surface area contributed by atoms with Gasteiger partial charge in [-0.1, -0.05) is 30.1 Å². The molecule has 1 atom stereocenters. The van der Waals surface area contributed by atoms with Crippen molar-refractivity contribution in [2.24, 2.45) is 5.92 Å². The van der Waals surface area contributed by atoms with E-state index in [2.05, 4.69) is 10.4 Å². The van der Waals surface area contributed by atoms with Crippen LogP contribution in [0.5, 0.6) is 0 Å². The van der Waals surface area contributed by atoms with Gasteiger partial charge < -0.3 is 5.32 Å². The van der Waals surface area contributed by atoms with Gasteiger partial charge in [0.1, 0.15) is 0 Å². The van der Waals surface area contributed by atoms with Gasteiger partial charge in [0.05, 0.1) is 28.2 Å². The van der Waals surface area contributed by atoms with Crippen molar-refractivity contribution in [1.29, 1.82) is 0 Å². The van der Waals surface area contributed by atoms with Crippen LogP contribution in [-0.4, -0.2) is 15.7 Å². The number of aryl methyl sites for hydroxylation is 2. The van der Waals surface area contributed by atoms with Crippen LogP contribution in [0.4, 0.5) is 5.69 Å². The van der Waals surface area contributed by atoms with E-state index < -0.39 is 0 Å². The Balaban J connectivity index is 2.02. The molecule has 0 saturated carbocycles. The maximum atomic E-state index is 12.2. The molecular weight excluding hydrogens is 309 g/mol. The van der Waals surface area contributed by atoms with E-state index in [1.807, 2.05) is 31.5 Å². The van der Waals surface area contributed by atoms with Crippen LogP contribution in [0, 0.1) is 19.8 Å². The maximum absolute atomic E-state index is 12.2. The molecule has 4 nitrogen and oxygen atoms in total. The Morgan fingerprint density at radius 1 is 1.29 bits per heavy atom. The normalized spacial score (nSPS) is 12.2. The standard InChI is InChI=1S/C15H17Cl2N3O/c1-9(8-20-11(3)6-10(2)19-20)15(21)18-12-4-5-13(16)14(17)7-12/h4-7,9H,8H2,1-3H3,(H,18,21)/t9-/m1/s1. The van der Waals surface area contributed by atoms with Crippen LogP contribution in [-0.2, 0) is 11.3 Å². The monoisotopic (exact) mass is 325 g/mol. The molecule has 1 heterocycles. The van der Waals surface area contributed by atoms with Gasteiger partial charge in [-0.15, -0.1) is 0 Å². The zero-order valence-electron chi connectivity index (χ0n) is 12.2. The number of carbonyl (C=O) groups is 1. The highest BCUT2D eigenvalue weighted by atomic mass is 35.5. The maximum Gasteiger partial charge on any atom is 0.229 e. The summed E-state index contributed by atoms with van der Waals surface area (Å²) in [5.74, 6) is -0.293. The van der Waals surface area contributed by atoms with E-state index in [1.165, 1.54) is 0 Å². The molecule has 1 amide bonds. The summed E-state index contributed by atoms with van der Waals surface area (Å²) in [6.45, 7) is 6.31. The molecule has 0 aliphatic rings. The van der Waals surface area contributed by atoms with Crippen molar-refractivity contribution in [2.45, 2.75) is 27.3 Å². The molecule has 0 saturated heterocycles. The minimum absolute atomic E-state index is 0.0825. The minimum Gasteiger partial charge on any atom is -0.326 e. The third-order valence-electron chi connectivity index (χ3n) is 3.18. The number of nitrogens with one attached hydrogen (secondary N) is 1. The van der Waals surface area contributed by atoms with Gasteiger partial charge in [-0.3, -0.25) is 9.48 Å².